The van der Waals surface area contributed by atoms with E-state index in [4.69, 9.17) is 10.2 Å². The second kappa shape index (κ2) is 6.76. The van der Waals surface area contributed by atoms with Crippen LogP contribution in [0.15, 0.2) is 24.3 Å². The van der Waals surface area contributed by atoms with Gasteiger partial charge in [-0.3, -0.25) is 0 Å². The summed E-state index contributed by atoms with van der Waals surface area (Å²) in [7, 11) is 0. The van der Waals surface area contributed by atoms with Crippen LogP contribution >= 0.6 is 0 Å². The summed E-state index contributed by atoms with van der Waals surface area (Å²) in [5, 5.41) is 27.1. The van der Waals surface area contributed by atoms with E-state index >= 15 is 0 Å². The topological polar surface area (TPSA) is 60.7 Å². The molecule has 0 saturated carbocycles. The monoisotopic (exact) mass is 200 g/mol. The Morgan fingerprint density at radius 1 is 1.29 bits per heavy atom. The molecule has 0 bridgehead atoms. The van der Waals surface area contributed by atoms with E-state index in [-0.39, 0.29) is 19.1 Å². The number of aliphatic hydroxyl groups is 3. The number of rotatable bonds is 7. The third kappa shape index (κ3) is 4.56. The molecular weight excluding hydrogens is 180 g/mol. The molecule has 0 heterocycles. The molecule has 82 valence electrons. The fourth-order valence-corrected chi connectivity index (χ4v) is 1.26. The zero-order chi connectivity index (χ0) is 11.1. The lowest BCUT2D eigenvalue weighted by Gasteiger charge is -2.20. The Morgan fingerprint density at radius 3 is 2.21 bits per heavy atom. The first-order valence-electron chi connectivity index (χ1n) is 4.75. The highest BCUT2D eigenvalue weighted by molar-refractivity contribution is 5.05. The Morgan fingerprint density at radius 2 is 1.86 bits per heavy atom. The third-order valence-electron chi connectivity index (χ3n) is 2.36. The summed E-state index contributed by atoms with van der Waals surface area (Å²) in [5.74, 6) is 0.0818. The summed E-state index contributed by atoms with van der Waals surface area (Å²) < 4.78 is 0. The second-order valence-electron chi connectivity index (χ2n) is 3.62. The molecule has 1 unspecified atom stereocenters. The molecule has 0 aliphatic heterocycles. The molecule has 3 N–H and O–H groups in total. The Bertz CT molecular complexity index is 199. The predicted molar refractivity (Wildman–Crippen MR) is 56.9 cm³/mol. The van der Waals surface area contributed by atoms with Crippen molar-refractivity contribution in [3.05, 3.63) is 24.3 Å². The predicted octanol–water partition coefficient (Wildman–Crippen LogP) is 0.861. The lowest BCUT2D eigenvalue weighted by Crippen LogP contribution is -2.18. The number of hydrogen-bond donors (Lipinski definition) is 3. The molecule has 0 aromatic heterocycles. The average Bonchev–Trinajstić information content (AvgIpc) is 2.15. The van der Waals surface area contributed by atoms with Gasteiger partial charge in [0.15, 0.2) is 0 Å². The van der Waals surface area contributed by atoms with Crippen LogP contribution in [0.25, 0.3) is 0 Å². The van der Waals surface area contributed by atoms with Crippen LogP contribution in [0.1, 0.15) is 19.8 Å². The molecule has 0 fully saturated rings. The molecule has 0 saturated heterocycles. The smallest absolute Gasteiger partial charge is 0.0775 e. The van der Waals surface area contributed by atoms with Crippen molar-refractivity contribution in [3.63, 3.8) is 0 Å². The minimum Gasteiger partial charge on any atom is -0.396 e. The van der Waals surface area contributed by atoms with Gasteiger partial charge in [-0.2, -0.15) is 0 Å². The van der Waals surface area contributed by atoms with E-state index < -0.39 is 6.10 Å². The summed E-state index contributed by atoms with van der Waals surface area (Å²) in [4.78, 5) is 0. The first kappa shape index (κ1) is 13.4. The van der Waals surface area contributed by atoms with Crippen molar-refractivity contribution < 1.29 is 15.3 Å². The van der Waals surface area contributed by atoms with Gasteiger partial charge in [0.05, 0.1) is 12.7 Å². The lowest BCUT2D eigenvalue weighted by atomic mass is 9.90. The fourth-order valence-electron chi connectivity index (χ4n) is 1.26. The zero-order valence-electron chi connectivity index (χ0n) is 8.74. The number of allylic oxidation sites excluding steroid dienone is 1. The molecule has 0 aromatic carbocycles. The van der Waals surface area contributed by atoms with Crippen LogP contribution in [0.4, 0.5) is 0 Å². The van der Waals surface area contributed by atoms with Crippen LogP contribution in [0.5, 0.6) is 0 Å². The highest BCUT2D eigenvalue weighted by Gasteiger charge is 2.16. The minimum atomic E-state index is -0.715. The highest BCUT2D eigenvalue weighted by atomic mass is 16.3. The molecule has 0 radical (unpaired) electrons. The van der Waals surface area contributed by atoms with Crippen molar-refractivity contribution in [1.82, 2.24) is 0 Å². The van der Waals surface area contributed by atoms with Crippen LogP contribution in [-0.2, 0) is 0 Å². The summed E-state index contributed by atoms with van der Waals surface area (Å²) >= 11 is 0. The summed E-state index contributed by atoms with van der Waals surface area (Å²) in [6.45, 7) is 9.10. The van der Waals surface area contributed by atoms with Gasteiger partial charge in [-0.25, -0.2) is 0 Å². The van der Waals surface area contributed by atoms with E-state index in [2.05, 4.69) is 13.2 Å². The van der Waals surface area contributed by atoms with E-state index in [1.807, 2.05) is 6.92 Å². The van der Waals surface area contributed by atoms with E-state index in [9.17, 15) is 5.11 Å². The van der Waals surface area contributed by atoms with Crippen molar-refractivity contribution in [1.29, 1.82) is 0 Å². The quantitative estimate of drug-likeness (QED) is 0.534. The molecule has 0 aliphatic rings. The maximum Gasteiger partial charge on any atom is 0.0775 e. The third-order valence-corrected chi connectivity index (χ3v) is 2.36. The van der Waals surface area contributed by atoms with Gasteiger partial charge >= 0.3 is 0 Å². The molecule has 14 heavy (non-hydrogen) atoms. The standard InChI is InChI=1S/C11H20O3/c1-8(2)10(4-5-12)6-11(14)9(3)7-13/h10-14H,1,3-7H2,2H3/t10-,11?/m0/s1. The normalized spacial score (nSPS) is 14.9. The lowest BCUT2D eigenvalue weighted by molar-refractivity contribution is 0.155. The molecule has 0 spiro atoms. The maximum atomic E-state index is 9.58. The average molecular weight is 200 g/mol. The van der Waals surface area contributed by atoms with E-state index in [0.717, 1.165) is 5.57 Å². The highest BCUT2D eigenvalue weighted by Crippen LogP contribution is 2.21. The first-order chi connectivity index (χ1) is 6.52. The van der Waals surface area contributed by atoms with Gasteiger partial charge in [0, 0.05) is 6.61 Å². The largest absolute Gasteiger partial charge is 0.396 e. The SMILES string of the molecule is C=C(CO)C(O)C[C@H](CCO)C(=C)C. The van der Waals surface area contributed by atoms with Gasteiger partial charge in [0.2, 0.25) is 0 Å². The molecule has 0 rings (SSSR count). The van der Waals surface area contributed by atoms with Crippen LogP contribution in [0, 0.1) is 5.92 Å². The Kier molecular flexibility index (Phi) is 6.45. The van der Waals surface area contributed by atoms with Crippen molar-refractivity contribution in [2.24, 2.45) is 5.92 Å². The number of aliphatic hydroxyl groups excluding tert-OH is 3. The zero-order valence-corrected chi connectivity index (χ0v) is 8.74. The van der Waals surface area contributed by atoms with Gasteiger partial charge < -0.3 is 15.3 Å². The summed E-state index contributed by atoms with van der Waals surface area (Å²) in [6.07, 6.45) is 0.341. The van der Waals surface area contributed by atoms with Crippen molar-refractivity contribution in [2.75, 3.05) is 13.2 Å². The van der Waals surface area contributed by atoms with Crippen LogP contribution in [0.2, 0.25) is 0 Å². The van der Waals surface area contributed by atoms with Gasteiger partial charge in [0.25, 0.3) is 0 Å². The Hall–Kier alpha value is -0.640. The Labute approximate surface area is 85.4 Å². The molecule has 0 amide bonds. The molecular formula is C11H20O3. The van der Waals surface area contributed by atoms with Gasteiger partial charge in [-0.15, -0.1) is 0 Å². The van der Waals surface area contributed by atoms with Crippen molar-refractivity contribution >= 4 is 0 Å². The molecule has 2 atom stereocenters. The molecule has 0 aromatic rings. The van der Waals surface area contributed by atoms with Crippen LogP contribution in [0.3, 0.4) is 0 Å². The summed E-state index contributed by atoms with van der Waals surface area (Å²) in [5.41, 5.74) is 1.35. The fraction of sp³-hybridized carbons (Fsp3) is 0.636. The van der Waals surface area contributed by atoms with Crippen molar-refractivity contribution in [3.8, 4) is 0 Å². The van der Waals surface area contributed by atoms with Gasteiger partial charge in [0.1, 0.15) is 0 Å². The molecule has 3 nitrogen and oxygen atoms in total. The van der Waals surface area contributed by atoms with Crippen LogP contribution < -0.4 is 0 Å². The minimum absolute atomic E-state index is 0.0792. The van der Waals surface area contributed by atoms with Gasteiger partial charge in [-0.1, -0.05) is 18.7 Å². The Balaban J connectivity index is 4.15. The first-order valence-corrected chi connectivity index (χ1v) is 4.75. The van der Waals surface area contributed by atoms with Crippen molar-refractivity contribution in [2.45, 2.75) is 25.9 Å². The summed E-state index contributed by atoms with van der Waals surface area (Å²) in [6, 6.07) is 0. The molecule has 3 heteroatoms. The van der Waals surface area contributed by atoms with E-state index in [0.29, 0.717) is 18.4 Å². The second-order valence-corrected chi connectivity index (χ2v) is 3.62. The van der Waals surface area contributed by atoms with E-state index in [1.165, 1.54) is 0 Å². The molecule has 0 aliphatic carbocycles. The van der Waals surface area contributed by atoms with Crippen LogP contribution in [-0.4, -0.2) is 34.6 Å². The van der Waals surface area contributed by atoms with Gasteiger partial charge in [-0.05, 0) is 31.3 Å². The van der Waals surface area contributed by atoms with E-state index in [1.54, 1.807) is 0 Å². The number of hydrogen-bond acceptors (Lipinski definition) is 3. The maximum absolute atomic E-state index is 9.58.